The first-order valence-electron chi connectivity index (χ1n) is 5.83. The number of phenols is 1. The van der Waals surface area contributed by atoms with Crippen LogP contribution in [0.25, 0.3) is 0 Å². The Balaban J connectivity index is 1.81. The van der Waals surface area contributed by atoms with E-state index in [9.17, 15) is 5.11 Å². The predicted molar refractivity (Wildman–Crippen MR) is 75.5 cm³/mol. The van der Waals surface area contributed by atoms with E-state index in [0.717, 1.165) is 23.0 Å². The van der Waals surface area contributed by atoms with Gasteiger partial charge in [0.15, 0.2) is 0 Å². The third-order valence-electron chi connectivity index (χ3n) is 2.70. The smallest absolute Gasteiger partial charge is 0.134 e. The Hall–Kier alpha value is -1.39. The number of benzene rings is 1. The van der Waals surface area contributed by atoms with Gasteiger partial charge in [-0.3, -0.25) is 4.98 Å². The standard InChI is InChI=1S/C14H15BrN2O/c15-13-5-1-4-12(14(13)18)10-17-8-6-11-3-2-7-16-9-11/h1-5,7,9,17-18H,6,8,10H2. The van der Waals surface area contributed by atoms with E-state index in [-0.39, 0.29) is 0 Å². The van der Waals surface area contributed by atoms with E-state index in [1.165, 1.54) is 5.56 Å². The van der Waals surface area contributed by atoms with Gasteiger partial charge in [0.05, 0.1) is 4.47 Å². The van der Waals surface area contributed by atoms with E-state index in [1.54, 1.807) is 6.20 Å². The van der Waals surface area contributed by atoms with Crippen LogP contribution in [-0.2, 0) is 13.0 Å². The molecule has 0 amide bonds. The van der Waals surface area contributed by atoms with Crippen LogP contribution in [0.15, 0.2) is 47.2 Å². The van der Waals surface area contributed by atoms with E-state index in [4.69, 9.17) is 0 Å². The molecule has 0 unspecified atom stereocenters. The van der Waals surface area contributed by atoms with Gasteiger partial charge in [-0.2, -0.15) is 0 Å². The number of aromatic nitrogens is 1. The molecule has 0 aliphatic rings. The molecule has 2 aromatic rings. The van der Waals surface area contributed by atoms with Gasteiger partial charge in [0.25, 0.3) is 0 Å². The van der Waals surface area contributed by atoms with Gasteiger partial charge in [0.2, 0.25) is 0 Å². The fourth-order valence-corrected chi connectivity index (χ4v) is 2.11. The lowest BCUT2D eigenvalue weighted by Gasteiger charge is -2.07. The molecule has 0 bridgehead atoms. The molecule has 0 saturated carbocycles. The second-order valence-electron chi connectivity index (χ2n) is 4.04. The average Bonchev–Trinajstić information content (AvgIpc) is 2.40. The quantitative estimate of drug-likeness (QED) is 0.835. The number of hydrogen-bond donors (Lipinski definition) is 2. The molecule has 0 radical (unpaired) electrons. The van der Waals surface area contributed by atoms with Crippen LogP contribution in [0.5, 0.6) is 5.75 Å². The molecule has 3 nitrogen and oxygen atoms in total. The maximum atomic E-state index is 9.82. The minimum Gasteiger partial charge on any atom is -0.506 e. The molecule has 18 heavy (non-hydrogen) atoms. The van der Waals surface area contributed by atoms with Crippen LogP contribution in [0.2, 0.25) is 0 Å². The SMILES string of the molecule is Oc1c(Br)cccc1CNCCc1cccnc1. The molecule has 2 N–H and O–H groups in total. The van der Waals surface area contributed by atoms with E-state index in [0.29, 0.717) is 12.3 Å². The number of para-hydroxylation sites is 1. The number of phenolic OH excluding ortho intramolecular Hbond substituents is 1. The fourth-order valence-electron chi connectivity index (χ4n) is 1.70. The Morgan fingerprint density at radius 1 is 1.22 bits per heavy atom. The summed E-state index contributed by atoms with van der Waals surface area (Å²) in [5, 5.41) is 13.1. The highest BCUT2D eigenvalue weighted by Gasteiger charge is 2.03. The maximum absolute atomic E-state index is 9.82. The number of nitrogens with zero attached hydrogens (tertiary/aromatic N) is 1. The summed E-state index contributed by atoms with van der Waals surface area (Å²) in [5.74, 6) is 0.311. The lowest BCUT2D eigenvalue weighted by molar-refractivity contribution is 0.461. The normalized spacial score (nSPS) is 10.5. The van der Waals surface area contributed by atoms with Crippen molar-refractivity contribution in [3.63, 3.8) is 0 Å². The monoisotopic (exact) mass is 306 g/mol. The number of halogens is 1. The summed E-state index contributed by atoms with van der Waals surface area (Å²) < 4.78 is 0.731. The summed E-state index contributed by atoms with van der Waals surface area (Å²) in [7, 11) is 0. The number of aromatic hydroxyl groups is 1. The summed E-state index contributed by atoms with van der Waals surface area (Å²) in [6, 6.07) is 9.66. The molecule has 0 atom stereocenters. The maximum Gasteiger partial charge on any atom is 0.134 e. The lowest BCUT2D eigenvalue weighted by atomic mass is 10.2. The fraction of sp³-hybridized carbons (Fsp3) is 0.214. The van der Waals surface area contributed by atoms with Gasteiger partial charge in [-0.1, -0.05) is 18.2 Å². The van der Waals surface area contributed by atoms with E-state index < -0.39 is 0 Å². The van der Waals surface area contributed by atoms with Crippen LogP contribution in [0, 0.1) is 0 Å². The molecule has 0 aliphatic carbocycles. The molecule has 4 heteroatoms. The molecular weight excluding hydrogens is 292 g/mol. The zero-order valence-corrected chi connectivity index (χ0v) is 11.5. The van der Waals surface area contributed by atoms with Crippen molar-refractivity contribution in [3.8, 4) is 5.75 Å². The molecule has 0 aliphatic heterocycles. The van der Waals surface area contributed by atoms with Crippen LogP contribution in [0.4, 0.5) is 0 Å². The number of nitrogens with one attached hydrogen (secondary N) is 1. The zero-order chi connectivity index (χ0) is 12.8. The highest BCUT2D eigenvalue weighted by Crippen LogP contribution is 2.27. The molecule has 1 aromatic heterocycles. The Morgan fingerprint density at radius 2 is 2.11 bits per heavy atom. The van der Waals surface area contributed by atoms with Crippen LogP contribution in [0.1, 0.15) is 11.1 Å². The Labute approximate surface area is 115 Å². The Bertz CT molecular complexity index is 502. The van der Waals surface area contributed by atoms with E-state index in [1.807, 2.05) is 30.5 Å². The van der Waals surface area contributed by atoms with Gasteiger partial charge in [0.1, 0.15) is 5.75 Å². The van der Waals surface area contributed by atoms with Crippen molar-refractivity contribution in [2.75, 3.05) is 6.54 Å². The highest BCUT2D eigenvalue weighted by atomic mass is 79.9. The topological polar surface area (TPSA) is 45.1 Å². The van der Waals surface area contributed by atoms with Crippen molar-refractivity contribution >= 4 is 15.9 Å². The minimum atomic E-state index is 0.311. The van der Waals surface area contributed by atoms with Gasteiger partial charge in [0, 0.05) is 24.5 Å². The molecular formula is C14H15BrN2O. The first-order chi connectivity index (χ1) is 8.77. The van der Waals surface area contributed by atoms with E-state index >= 15 is 0 Å². The second kappa shape index (κ2) is 6.52. The van der Waals surface area contributed by atoms with Crippen molar-refractivity contribution < 1.29 is 5.11 Å². The molecule has 1 heterocycles. The molecule has 2 rings (SSSR count). The predicted octanol–water partition coefficient (Wildman–Crippen LogP) is 2.88. The van der Waals surface area contributed by atoms with Crippen LogP contribution < -0.4 is 5.32 Å². The number of hydrogen-bond acceptors (Lipinski definition) is 3. The van der Waals surface area contributed by atoms with Crippen molar-refractivity contribution in [2.24, 2.45) is 0 Å². The van der Waals surface area contributed by atoms with Crippen LogP contribution in [0.3, 0.4) is 0 Å². The second-order valence-corrected chi connectivity index (χ2v) is 4.89. The van der Waals surface area contributed by atoms with Crippen molar-refractivity contribution in [1.29, 1.82) is 0 Å². The Morgan fingerprint density at radius 3 is 2.89 bits per heavy atom. The van der Waals surface area contributed by atoms with Crippen molar-refractivity contribution in [1.82, 2.24) is 10.3 Å². The summed E-state index contributed by atoms with van der Waals surface area (Å²) in [4.78, 5) is 4.07. The number of pyridine rings is 1. The summed E-state index contributed by atoms with van der Waals surface area (Å²) in [5.41, 5.74) is 2.11. The average molecular weight is 307 g/mol. The largest absolute Gasteiger partial charge is 0.506 e. The lowest BCUT2D eigenvalue weighted by Crippen LogP contribution is -2.16. The molecule has 1 aromatic carbocycles. The molecule has 0 saturated heterocycles. The summed E-state index contributed by atoms with van der Waals surface area (Å²) in [6.45, 7) is 1.52. The third-order valence-corrected chi connectivity index (χ3v) is 3.34. The van der Waals surface area contributed by atoms with Gasteiger partial charge in [-0.15, -0.1) is 0 Å². The van der Waals surface area contributed by atoms with Gasteiger partial charge in [-0.25, -0.2) is 0 Å². The molecule has 0 spiro atoms. The first-order valence-corrected chi connectivity index (χ1v) is 6.62. The van der Waals surface area contributed by atoms with E-state index in [2.05, 4.69) is 32.3 Å². The molecule has 94 valence electrons. The third kappa shape index (κ3) is 3.55. The van der Waals surface area contributed by atoms with Gasteiger partial charge < -0.3 is 10.4 Å². The van der Waals surface area contributed by atoms with Crippen molar-refractivity contribution in [2.45, 2.75) is 13.0 Å². The van der Waals surface area contributed by atoms with Gasteiger partial charge in [-0.05, 0) is 46.6 Å². The summed E-state index contributed by atoms with van der Waals surface area (Å²) in [6.07, 6.45) is 4.58. The molecule has 0 fully saturated rings. The van der Waals surface area contributed by atoms with Gasteiger partial charge >= 0.3 is 0 Å². The number of rotatable bonds is 5. The summed E-state index contributed by atoms with van der Waals surface area (Å²) >= 11 is 3.31. The first kappa shape index (κ1) is 13.1. The van der Waals surface area contributed by atoms with Crippen LogP contribution in [-0.4, -0.2) is 16.6 Å². The van der Waals surface area contributed by atoms with Crippen LogP contribution >= 0.6 is 15.9 Å². The zero-order valence-electron chi connectivity index (χ0n) is 9.94. The Kier molecular flexibility index (Phi) is 4.73. The van der Waals surface area contributed by atoms with Crippen molar-refractivity contribution in [3.05, 3.63) is 58.3 Å². The highest BCUT2D eigenvalue weighted by molar-refractivity contribution is 9.10. The minimum absolute atomic E-state index is 0.311.